The molecule has 0 unspecified atom stereocenters. The number of benzene rings is 2. The fraction of sp³-hybridized carbons (Fsp3) is 0.240. The molecule has 2 aromatic heterocycles. The Morgan fingerprint density at radius 1 is 1.19 bits per heavy atom. The number of hydrogen-bond donors (Lipinski definition) is 1. The molecule has 2 heterocycles. The summed E-state index contributed by atoms with van der Waals surface area (Å²) >= 11 is 0. The summed E-state index contributed by atoms with van der Waals surface area (Å²) in [7, 11) is 1.90. The minimum absolute atomic E-state index is 0.217. The second-order valence-corrected chi connectivity index (χ2v) is 7.44. The Kier molecular flexibility index (Phi) is 5.93. The number of hydrogen-bond acceptors (Lipinski definition) is 5. The molecule has 0 aliphatic heterocycles. The van der Waals surface area contributed by atoms with Crippen molar-refractivity contribution in [2.75, 3.05) is 25.0 Å². The molecule has 0 fully saturated rings. The lowest BCUT2D eigenvalue weighted by molar-refractivity contribution is 0.645. The van der Waals surface area contributed by atoms with Crippen molar-refractivity contribution in [2.45, 2.75) is 20.0 Å². The summed E-state index contributed by atoms with van der Waals surface area (Å²) in [5.74, 6) is 9.30. The number of fused-ring (bicyclic) bond motifs is 2. The van der Waals surface area contributed by atoms with Gasteiger partial charge in [0.25, 0.3) is 5.56 Å². The molecule has 0 saturated carbocycles. The van der Waals surface area contributed by atoms with E-state index < -0.39 is 0 Å². The number of terminal acetylenes is 1. The van der Waals surface area contributed by atoms with Gasteiger partial charge >= 0.3 is 0 Å². The molecule has 0 spiro atoms. The standard InChI is InChI=1S/C25H24N6O/c1-4-6-14-30-23-22(28-25(30)29(3)15-13-26)16-27-31(24(23)32)17-19-12-11-18(5-2)20-9-7-8-10-21(19)20/h2,7-12,16H,13-15,17,26H2,1,3H3. The van der Waals surface area contributed by atoms with Crippen LogP contribution in [-0.4, -0.2) is 39.5 Å². The van der Waals surface area contributed by atoms with Gasteiger partial charge in [0.15, 0.2) is 0 Å². The van der Waals surface area contributed by atoms with E-state index in [9.17, 15) is 4.79 Å². The first-order chi connectivity index (χ1) is 15.6. The van der Waals surface area contributed by atoms with Gasteiger partial charge in [0.05, 0.1) is 19.3 Å². The monoisotopic (exact) mass is 424 g/mol. The van der Waals surface area contributed by atoms with E-state index in [1.165, 1.54) is 4.68 Å². The smallest absolute Gasteiger partial charge is 0.293 e. The number of aromatic nitrogens is 4. The van der Waals surface area contributed by atoms with Gasteiger partial charge in [-0.15, -0.1) is 12.3 Å². The molecule has 0 saturated heterocycles. The molecule has 0 bridgehead atoms. The highest BCUT2D eigenvalue weighted by molar-refractivity contribution is 5.90. The van der Waals surface area contributed by atoms with E-state index in [-0.39, 0.29) is 5.56 Å². The minimum atomic E-state index is -0.217. The SMILES string of the molecule is C#Cc1ccc(Cn2ncc3nc(N(C)CCN)n(CC#CC)c3c2=O)c2ccccc12. The molecule has 2 N–H and O–H groups in total. The Morgan fingerprint density at radius 3 is 2.69 bits per heavy atom. The molecule has 7 heteroatoms. The maximum atomic E-state index is 13.5. The topological polar surface area (TPSA) is 82.0 Å². The van der Waals surface area contributed by atoms with Gasteiger partial charge in [0.1, 0.15) is 11.0 Å². The van der Waals surface area contributed by atoms with Crippen LogP contribution in [0, 0.1) is 24.2 Å². The molecule has 32 heavy (non-hydrogen) atoms. The number of rotatable bonds is 6. The van der Waals surface area contributed by atoms with Crippen LogP contribution in [0.2, 0.25) is 0 Å². The van der Waals surface area contributed by atoms with Crippen molar-refractivity contribution in [3.8, 4) is 24.2 Å². The van der Waals surface area contributed by atoms with E-state index in [4.69, 9.17) is 12.2 Å². The van der Waals surface area contributed by atoms with Crippen LogP contribution in [0.4, 0.5) is 5.95 Å². The van der Waals surface area contributed by atoms with Crippen molar-refractivity contribution >= 4 is 27.8 Å². The van der Waals surface area contributed by atoms with Gasteiger partial charge < -0.3 is 10.6 Å². The van der Waals surface area contributed by atoms with E-state index in [1.54, 1.807) is 13.1 Å². The maximum Gasteiger partial charge on any atom is 0.293 e. The Morgan fingerprint density at radius 2 is 1.97 bits per heavy atom. The zero-order valence-electron chi connectivity index (χ0n) is 18.2. The molecular weight excluding hydrogens is 400 g/mol. The molecule has 4 rings (SSSR count). The Balaban J connectivity index is 1.86. The summed E-state index contributed by atoms with van der Waals surface area (Å²) < 4.78 is 3.30. The summed E-state index contributed by atoms with van der Waals surface area (Å²) in [6.45, 7) is 3.53. The van der Waals surface area contributed by atoms with Gasteiger partial charge in [-0.25, -0.2) is 9.67 Å². The molecule has 0 radical (unpaired) electrons. The van der Waals surface area contributed by atoms with Gasteiger partial charge in [-0.05, 0) is 29.3 Å². The highest BCUT2D eigenvalue weighted by Crippen LogP contribution is 2.23. The van der Waals surface area contributed by atoms with Crippen LogP contribution < -0.4 is 16.2 Å². The number of likely N-dealkylation sites (N-methyl/N-ethyl adjacent to an activating group) is 1. The van der Waals surface area contributed by atoms with E-state index in [0.29, 0.717) is 43.2 Å². The lowest BCUT2D eigenvalue weighted by Crippen LogP contribution is -2.29. The first-order valence-electron chi connectivity index (χ1n) is 10.3. The number of anilines is 1. The largest absolute Gasteiger partial charge is 0.344 e. The van der Waals surface area contributed by atoms with E-state index in [2.05, 4.69) is 27.8 Å². The highest BCUT2D eigenvalue weighted by Gasteiger charge is 2.18. The van der Waals surface area contributed by atoms with Crippen molar-refractivity contribution in [1.82, 2.24) is 19.3 Å². The van der Waals surface area contributed by atoms with Crippen LogP contribution in [0.15, 0.2) is 47.4 Å². The molecule has 0 aliphatic rings. The molecule has 0 aliphatic carbocycles. The third kappa shape index (κ3) is 3.71. The third-order valence-corrected chi connectivity index (χ3v) is 5.44. The van der Waals surface area contributed by atoms with E-state index in [0.717, 1.165) is 21.9 Å². The highest BCUT2D eigenvalue weighted by atomic mass is 16.1. The van der Waals surface area contributed by atoms with Crippen LogP contribution in [0.3, 0.4) is 0 Å². The van der Waals surface area contributed by atoms with Gasteiger partial charge in [-0.2, -0.15) is 5.10 Å². The van der Waals surface area contributed by atoms with Crippen molar-refractivity contribution < 1.29 is 0 Å². The Bertz CT molecular complexity index is 1460. The summed E-state index contributed by atoms with van der Waals surface area (Å²) in [5, 5.41) is 6.39. The molecule has 0 atom stereocenters. The molecule has 4 aromatic rings. The minimum Gasteiger partial charge on any atom is -0.344 e. The maximum absolute atomic E-state index is 13.5. The average molecular weight is 425 g/mol. The summed E-state index contributed by atoms with van der Waals surface area (Å²) in [6.07, 6.45) is 7.29. The van der Waals surface area contributed by atoms with Gasteiger partial charge in [-0.1, -0.05) is 42.2 Å². The predicted molar refractivity (Wildman–Crippen MR) is 129 cm³/mol. The molecule has 160 valence electrons. The fourth-order valence-corrected chi connectivity index (χ4v) is 3.87. The van der Waals surface area contributed by atoms with Crippen LogP contribution >= 0.6 is 0 Å². The lowest BCUT2D eigenvalue weighted by atomic mass is 10.00. The van der Waals surface area contributed by atoms with Crippen molar-refractivity contribution in [2.24, 2.45) is 5.73 Å². The Hall–Kier alpha value is -4.07. The summed E-state index contributed by atoms with van der Waals surface area (Å²) in [6, 6.07) is 11.8. The first-order valence-corrected chi connectivity index (χ1v) is 10.3. The van der Waals surface area contributed by atoms with Crippen molar-refractivity contribution in [1.29, 1.82) is 0 Å². The zero-order chi connectivity index (χ0) is 22.7. The van der Waals surface area contributed by atoms with Crippen LogP contribution in [0.5, 0.6) is 0 Å². The molecular formula is C25H24N6O. The van der Waals surface area contributed by atoms with E-state index in [1.807, 2.05) is 52.9 Å². The second kappa shape index (κ2) is 8.97. The first kappa shape index (κ1) is 21.2. The average Bonchev–Trinajstić information content (AvgIpc) is 3.19. The molecule has 2 aromatic carbocycles. The van der Waals surface area contributed by atoms with Gasteiger partial charge in [0, 0.05) is 25.7 Å². The van der Waals surface area contributed by atoms with Crippen LogP contribution in [0.25, 0.3) is 21.8 Å². The van der Waals surface area contributed by atoms with Crippen molar-refractivity contribution in [3.63, 3.8) is 0 Å². The predicted octanol–water partition coefficient (Wildman–Crippen LogP) is 2.19. The molecule has 0 amide bonds. The molecule has 7 nitrogen and oxygen atoms in total. The zero-order valence-corrected chi connectivity index (χ0v) is 18.2. The normalized spacial score (nSPS) is 10.7. The quantitative estimate of drug-likeness (QED) is 0.480. The number of nitrogens with zero attached hydrogens (tertiary/aromatic N) is 5. The van der Waals surface area contributed by atoms with Gasteiger partial charge in [0.2, 0.25) is 5.95 Å². The summed E-state index contributed by atoms with van der Waals surface area (Å²) in [5.41, 5.74) is 8.31. The van der Waals surface area contributed by atoms with Crippen LogP contribution in [0.1, 0.15) is 18.1 Å². The second-order valence-electron chi connectivity index (χ2n) is 7.44. The van der Waals surface area contributed by atoms with Crippen LogP contribution in [-0.2, 0) is 13.1 Å². The number of imidazole rings is 1. The third-order valence-electron chi connectivity index (χ3n) is 5.44. The van der Waals surface area contributed by atoms with Gasteiger partial charge in [-0.3, -0.25) is 9.36 Å². The van der Waals surface area contributed by atoms with E-state index >= 15 is 0 Å². The fourth-order valence-electron chi connectivity index (χ4n) is 3.87. The Labute approximate surface area is 186 Å². The number of nitrogens with two attached hydrogens (primary N) is 1. The summed E-state index contributed by atoms with van der Waals surface area (Å²) in [4.78, 5) is 20.0. The lowest BCUT2D eigenvalue weighted by Gasteiger charge is -2.17. The van der Waals surface area contributed by atoms with Crippen molar-refractivity contribution in [3.05, 3.63) is 64.1 Å².